The molecule has 1 fully saturated rings. The molecule has 0 amide bonds. The molecule has 2 rings (SSSR count). The van der Waals surface area contributed by atoms with E-state index in [9.17, 15) is 4.79 Å². The molecule has 2 atom stereocenters. The lowest BCUT2D eigenvalue weighted by Gasteiger charge is -2.34. The van der Waals surface area contributed by atoms with E-state index < -0.39 is 0 Å². The van der Waals surface area contributed by atoms with Crippen molar-refractivity contribution in [2.75, 3.05) is 26.2 Å². The first kappa shape index (κ1) is 17.0. The van der Waals surface area contributed by atoms with Crippen LogP contribution in [0.25, 0.3) is 0 Å². The third-order valence-electron chi connectivity index (χ3n) is 4.34. The summed E-state index contributed by atoms with van der Waals surface area (Å²) in [6.45, 7) is 10.6. The standard InChI is InChI=1S/C19H29NO2/c1-15-12-16(2)14-20(13-15)10-6-7-11-22-19-9-5-4-8-18(19)17(3)21/h4-5,8-9,15-16H,6-7,10-14H2,1-3H3. The van der Waals surface area contributed by atoms with Gasteiger partial charge in [-0.15, -0.1) is 0 Å². The lowest BCUT2D eigenvalue weighted by Crippen LogP contribution is -2.39. The molecule has 1 aliphatic heterocycles. The smallest absolute Gasteiger partial charge is 0.163 e. The average molecular weight is 303 g/mol. The first-order valence-corrected chi connectivity index (χ1v) is 8.51. The van der Waals surface area contributed by atoms with Gasteiger partial charge in [-0.05, 0) is 56.7 Å². The molecule has 0 saturated carbocycles. The van der Waals surface area contributed by atoms with Crippen LogP contribution in [0.5, 0.6) is 5.75 Å². The Morgan fingerprint density at radius 3 is 2.55 bits per heavy atom. The summed E-state index contributed by atoms with van der Waals surface area (Å²) in [5.74, 6) is 2.42. The fourth-order valence-electron chi connectivity index (χ4n) is 3.48. The van der Waals surface area contributed by atoms with Crippen molar-refractivity contribution in [2.45, 2.75) is 40.0 Å². The molecule has 3 nitrogen and oxygen atoms in total. The van der Waals surface area contributed by atoms with Gasteiger partial charge in [0.1, 0.15) is 5.75 Å². The predicted molar refractivity (Wildman–Crippen MR) is 90.6 cm³/mol. The lowest BCUT2D eigenvalue weighted by molar-refractivity contribution is 0.101. The molecule has 1 aromatic rings. The van der Waals surface area contributed by atoms with Crippen molar-refractivity contribution >= 4 is 5.78 Å². The Morgan fingerprint density at radius 1 is 1.18 bits per heavy atom. The van der Waals surface area contributed by atoms with Crippen LogP contribution in [-0.4, -0.2) is 36.9 Å². The highest BCUT2D eigenvalue weighted by molar-refractivity contribution is 5.96. The first-order valence-electron chi connectivity index (χ1n) is 8.51. The maximum atomic E-state index is 11.5. The van der Waals surface area contributed by atoms with Gasteiger partial charge in [-0.2, -0.15) is 0 Å². The van der Waals surface area contributed by atoms with Crippen LogP contribution in [0.2, 0.25) is 0 Å². The van der Waals surface area contributed by atoms with E-state index in [-0.39, 0.29) is 5.78 Å². The summed E-state index contributed by atoms with van der Waals surface area (Å²) in [6, 6.07) is 7.50. The van der Waals surface area contributed by atoms with Crippen LogP contribution in [0.3, 0.4) is 0 Å². The number of para-hydroxylation sites is 1. The van der Waals surface area contributed by atoms with Crippen LogP contribution in [0.15, 0.2) is 24.3 Å². The van der Waals surface area contributed by atoms with Gasteiger partial charge in [0.25, 0.3) is 0 Å². The molecule has 1 heterocycles. The van der Waals surface area contributed by atoms with Gasteiger partial charge in [0.05, 0.1) is 12.2 Å². The molecule has 122 valence electrons. The molecule has 0 bridgehead atoms. The molecule has 2 unspecified atom stereocenters. The topological polar surface area (TPSA) is 29.5 Å². The van der Waals surface area contributed by atoms with Crippen LogP contribution in [0, 0.1) is 11.8 Å². The maximum Gasteiger partial charge on any atom is 0.163 e. The minimum absolute atomic E-state index is 0.0619. The molecule has 0 spiro atoms. The third kappa shape index (κ3) is 5.13. The van der Waals surface area contributed by atoms with E-state index >= 15 is 0 Å². The zero-order valence-electron chi connectivity index (χ0n) is 14.2. The van der Waals surface area contributed by atoms with Gasteiger partial charge in [0.15, 0.2) is 5.78 Å². The number of ether oxygens (including phenoxy) is 1. The fourth-order valence-corrected chi connectivity index (χ4v) is 3.48. The molecule has 0 N–H and O–H groups in total. The highest BCUT2D eigenvalue weighted by Crippen LogP contribution is 2.21. The average Bonchev–Trinajstić information content (AvgIpc) is 2.46. The number of benzene rings is 1. The van der Waals surface area contributed by atoms with Crippen LogP contribution in [-0.2, 0) is 0 Å². The Hall–Kier alpha value is -1.35. The van der Waals surface area contributed by atoms with E-state index in [1.54, 1.807) is 6.92 Å². The van der Waals surface area contributed by atoms with Crippen LogP contribution < -0.4 is 4.74 Å². The second kappa shape index (κ2) is 8.33. The van der Waals surface area contributed by atoms with Crippen molar-refractivity contribution in [3.8, 4) is 5.75 Å². The Kier molecular flexibility index (Phi) is 6.44. The monoisotopic (exact) mass is 303 g/mol. The summed E-state index contributed by atoms with van der Waals surface area (Å²) < 4.78 is 5.79. The molecular weight excluding hydrogens is 274 g/mol. The van der Waals surface area contributed by atoms with Gasteiger partial charge in [-0.3, -0.25) is 4.79 Å². The maximum absolute atomic E-state index is 11.5. The molecule has 1 saturated heterocycles. The number of carbonyl (C=O) groups excluding carboxylic acids is 1. The zero-order chi connectivity index (χ0) is 15.9. The van der Waals surface area contributed by atoms with Gasteiger partial charge in [0.2, 0.25) is 0 Å². The van der Waals surface area contributed by atoms with Crippen LogP contribution in [0.1, 0.15) is 50.4 Å². The van der Waals surface area contributed by atoms with Crippen molar-refractivity contribution in [1.82, 2.24) is 4.90 Å². The number of piperidine rings is 1. The molecule has 22 heavy (non-hydrogen) atoms. The summed E-state index contributed by atoms with van der Waals surface area (Å²) >= 11 is 0. The molecule has 1 aromatic carbocycles. The Bertz CT molecular complexity index is 476. The normalized spacial score (nSPS) is 22.5. The van der Waals surface area contributed by atoms with Crippen LogP contribution >= 0.6 is 0 Å². The number of Topliss-reactive ketones (excluding diaryl/α,β-unsaturated/α-hetero) is 1. The second-order valence-electron chi connectivity index (χ2n) is 6.81. The van der Waals surface area contributed by atoms with Gasteiger partial charge in [-0.1, -0.05) is 26.0 Å². The van der Waals surface area contributed by atoms with E-state index in [2.05, 4.69) is 18.7 Å². The number of nitrogens with zero attached hydrogens (tertiary/aromatic N) is 1. The minimum atomic E-state index is 0.0619. The fraction of sp³-hybridized carbons (Fsp3) is 0.632. The predicted octanol–water partition coefficient (Wildman–Crippen LogP) is 4.03. The van der Waals surface area contributed by atoms with Crippen molar-refractivity contribution in [1.29, 1.82) is 0 Å². The number of hydrogen-bond acceptors (Lipinski definition) is 3. The van der Waals surface area contributed by atoms with Gasteiger partial charge in [-0.25, -0.2) is 0 Å². The number of likely N-dealkylation sites (tertiary alicyclic amines) is 1. The van der Waals surface area contributed by atoms with Gasteiger partial charge in [0, 0.05) is 13.1 Å². The van der Waals surface area contributed by atoms with Crippen molar-refractivity contribution in [2.24, 2.45) is 11.8 Å². The third-order valence-corrected chi connectivity index (χ3v) is 4.34. The summed E-state index contributed by atoms with van der Waals surface area (Å²) in [4.78, 5) is 14.1. The first-order chi connectivity index (χ1) is 10.6. The van der Waals surface area contributed by atoms with Crippen LogP contribution in [0.4, 0.5) is 0 Å². The zero-order valence-corrected chi connectivity index (χ0v) is 14.2. The van der Waals surface area contributed by atoms with E-state index in [4.69, 9.17) is 4.74 Å². The molecule has 0 radical (unpaired) electrons. The number of carbonyl (C=O) groups is 1. The van der Waals surface area contributed by atoms with E-state index in [1.807, 2.05) is 24.3 Å². The number of unbranched alkanes of at least 4 members (excludes halogenated alkanes) is 1. The molecule has 0 aromatic heterocycles. The van der Waals surface area contributed by atoms with E-state index in [0.717, 1.165) is 37.0 Å². The Labute approximate surface area is 134 Å². The molecule has 1 aliphatic rings. The molecular formula is C19H29NO2. The van der Waals surface area contributed by atoms with Gasteiger partial charge < -0.3 is 9.64 Å². The quantitative estimate of drug-likeness (QED) is 0.563. The molecule has 3 heteroatoms. The van der Waals surface area contributed by atoms with E-state index in [1.165, 1.54) is 19.5 Å². The lowest BCUT2D eigenvalue weighted by atomic mass is 9.92. The number of rotatable bonds is 7. The summed E-state index contributed by atoms with van der Waals surface area (Å²) in [5, 5.41) is 0. The summed E-state index contributed by atoms with van der Waals surface area (Å²) in [6.07, 6.45) is 3.55. The summed E-state index contributed by atoms with van der Waals surface area (Å²) in [5.41, 5.74) is 0.682. The van der Waals surface area contributed by atoms with Crippen molar-refractivity contribution in [3.05, 3.63) is 29.8 Å². The SMILES string of the molecule is CC(=O)c1ccccc1OCCCCN1CC(C)CC(C)C1. The Balaban J connectivity index is 1.68. The van der Waals surface area contributed by atoms with E-state index in [0.29, 0.717) is 12.2 Å². The molecule has 0 aliphatic carbocycles. The van der Waals surface area contributed by atoms with Crippen molar-refractivity contribution < 1.29 is 9.53 Å². The Morgan fingerprint density at radius 2 is 1.86 bits per heavy atom. The summed E-state index contributed by atoms with van der Waals surface area (Å²) in [7, 11) is 0. The number of ketones is 1. The minimum Gasteiger partial charge on any atom is -0.493 e. The largest absolute Gasteiger partial charge is 0.493 e. The highest BCUT2D eigenvalue weighted by atomic mass is 16.5. The van der Waals surface area contributed by atoms with Crippen molar-refractivity contribution in [3.63, 3.8) is 0 Å². The number of hydrogen-bond donors (Lipinski definition) is 0. The van der Waals surface area contributed by atoms with Gasteiger partial charge >= 0.3 is 0 Å². The highest BCUT2D eigenvalue weighted by Gasteiger charge is 2.20. The second-order valence-corrected chi connectivity index (χ2v) is 6.81.